The van der Waals surface area contributed by atoms with Gasteiger partial charge in [-0.25, -0.2) is 9.78 Å². The number of aliphatic hydroxyl groups excluding tert-OH is 2. The van der Waals surface area contributed by atoms with E-state index in [0.29, 0.717) is 5.69 Å². The molecule has 30 heavy (non-hydrogen) atoms. The molecule has 156 valence electrons. The topological polar surface area (TPSA) is 96.6 Å². The summed E-state index contributed by atoms with van der Waals surface area (Å²) in [5, 5.41) is 22.9. The van der Waals surface area contributed by atoms with Gasteiger partial charge < -0.3 is 24.8 Å². The van der Waals surface area contributed by atoms with Crippen molar-refractivity contribution in [1.29, 1.82) is 0 Å². The highest BCUT2D eigenvalue weighted by atomic mass is 16.5. The van der Waals surface area contributed by atoms with Crippen LogP contribution in [0.15, 0.2) is 61.1 Å². The second kappa shape index (κ2) is 8.69. The number of fused-ring (bicyclic) bond motifs is 3. The Kier molecular flexibility index (Phi) is 5.83. The van der Waals surface area contributed by atoms with Crippen LogP contribution in [-0.4, -0.2) is 45.1 Å². The number of nitrogens with zero attached hydrogens (tertiary/aromatic N) is 2. The lowest BCUT2D eigenvalue weighted by Crippen LogP contribution is -2.30. The maximum Gasteiger partial charge on any atom is 0.407 e. The smallest absolute Gasteiger partial charge is 0.407 e. The Hall–Kier alpha value is -3.16. The van der Waals surface area contributed by atoms with Gasteiger partial charge in [0.2, 0.25) is 0 Å². The van der Waals surface area contributed by atoms with Crippen LogP contribution in [0.25, 0.3) is 11.1 Å². The average Bonchev–Trinajstić information content (AvgIpc) is 3.33. The summed E-state index contributed by atoms with van der Waals surface area (Å²) < 4.78 is 7.15. The largest absolute Gasteiger partial charge is 0.449 e. The molecule has 7 nitrogen and oxygen atoms in total. The summed E-state index contributed by atoms with van der Waals surface area (Å²) in [4.78, 5) is 16.2. The molecule has 2 aromatic carbocycles. The zero-order valence-corrected chi connectivity index (χ0v) is 16.7. The van der Waals surface area contributed by atoms with Crippen LogP contribution < -0.4 is 5.32 Å². The van der Waals surface area contributed by atoms with Crippen molar-refractivity contribution in [3.63, 3.8) is 0 Å². The highest BCUT2D eigenvalue weighted by molar-refractivity contribution is 5.79. The number of hydrogen-bond donors (Lipinski definition) is 3. The van der Waals surface area contributed by atoms with Crippen molar-refractivity contribution >= 4 is 6.09 Å². The molecule has 2 atom stereocenters. The van der Waals surface area contributed by atoms with Gasteiger partial charge in [-0.3, -0.25) is 0 Å². The van der Waals surface area contributed by atoms with Crippen LogP contribution in [0.5, 0.6) is 0 Å². The van der Waals surface area contributed by atoms with Gasteiger partial charge in [-0.15, -0.1) is 0 Å². The molecule has 3 N–H and O–H groups in total. The van der Waals surface area contributed by atoms with E-state index in [0.717, 1.165) is 11.1 Å². The second-order valence-electron chi connectivity index (χ2n) is 7.52. The minimum Gasteiger partial charge on any atom is -0.449 e. The molecule has 1 heterocycles. The summed E-state index contributed by atoms with van der Waals surface area (Å²) in [7, 11) is 1.79. The zero-order chi connectivity index (χ0) is 21.1. The predicted octanol–water partition coefficient (Wildman–Crippen LogP) is 2.74. The molecular formula is C23H25N3O4. The summed E-state index contributed by atoms with van der Waals surface area (Å²) in [6, 6.07) is 16.3. The van der Waals surface area contributed by atoms with Gasteiger partial charge in [-0.05, 0) is 28.7 Å². The number of imidazole rings is 1. The fraction of sp³-hybridized carbons (Fsp3) is 0.304. The van der Waals surface area contributed by atoms with E-state index in [1.54, 1.807) is 24.1 Å². The molecule has 0 spiro atoms. The molecule has 3 aromatic rings. The van der Waals surface area contributed by atoms with Gasteiger partial charge in [0.1, 0.15) is 12.7 Å². The third-order valence-corrected chi connectivity index (χ3v) is 5.45. The first-order valence-electron chi connectivity index (χ1n) is 9.97. The molecule has 0 saturated heterocycles. The summed E-state index contributed by atoms with van der Waals surface area (Å²) in [5.41, 5.74) is 5.05. The molecule has 1 amide bonds. The van der Waals surface area contributed by atoms with E-state index in [9.17, 15) is 15.0 Å². The number of aliphatic hydroxyl groups is 2. The monoisotopic (exact) mass is 407 g/mol. The summed E-state index contributed by atoms with van der Waals surface area (Å²) in [5.74, 6) is -0.000262. The van der Waals surface area contributed by atoms with Crippen molar-refractivity contribution in [2.45, 2.75) is 24.5 Å². The maximum absolute atomic E-state index is 12.2. The van der Waals surface area contributed by atoms with Crippen molar-refractivity contribution in [2.75, 3.05) is 13.2 Å². The van der Waals surface area contributed by atoms with Crippen molar-refractivity contribution in [3.8, 4) is 11.1 Å². The number of nitrogens with one attached hydrogen (secondary N) is 1. The van der Waals surface area contributed by atoms with E-state index >= 15 is 0 Å². The molecule has 7 heteroatoms. The lowest BCUT2D eigenvalue weighted by molar-refractivity contribution is 0.0113. The Balaban J connectivity index is 1.28. The number of aryl methyl sites for hydroxylation is 1. The average molecular weight is 407 g/mol. The lowest BCUT2D eigenvalue weighted by atomic mass is 9.98. The quantitative estimate of drug-likeness (QED) is 0.560. The van der Waals surface area contributed by atoms with Crippen LogP contribution >= 0.6 is 0 Å². The standard InChI is InChI=1S/C23H25N3O4/c1-26-12-20(25-14-26)22(28)21(27)10-11-24-23(29)30-13-19-17-8-4-2-6-15(17)16-7-3-5-9-18(16)19/h2-9,12,14,19,21-22,27-28H,10-11,13H2,1H3,(H,24,29). The molecule has 1 aliphatic rings. The van der Waals surface area contributed by atoms with Gasteiger partial charge in [0, 0.05) is 25.7 Å². The number of hydrogen-bond acceptors (Lipinski definition) is 5. The fourth-order valence-electron chi connectivity index (χ4n) is 3.91. The van der Waals surface area contributed by atoms with Gasteiger partial charge in [-0.2, -0.15) is 0 Å². The highest BCUT2D eigenvalue weighted by Gasteiger charge is 2.29. The summed E-state index contributed by atoms with van der Waals surface area (Å²) in [6.07, 6.45) is 0.704. The molecule has 0 radical (unpaired) electrons. The molecule has 1 aliphatic carbocycles. The second-order valence-corrected chi connectivity index (χ2v) is 7.52. The zero-order valence-electron chi connectivity index (χ0n) is 16.7. The van der Waals surface area contributed by atoms with Gasteiger partial charge in [-0.1, -0.05) is 48.5 Å². The normalized spacial score (nSPS) is 14.6. The number of aromatic nitrogens is 2. The van der Waals surface area contributed by atoms with E-state index in [2.05, 4.69) is 34.6 Å². The van der Waals surface area contributed by atoms with Gasteiger partial charge in [0.05, 0.1) is 18.1 Å². The first-order valence-corrected chi connectivity index (χ1v) is 9.97. The van der Waals surface area contributed by atoms with E-state index in [-0.39, 0.29) is 25.5 Å². The number of carbonyl (C=O) groups excluding carboxylic acids is 1. The van der Waals surface area contributed by atoms with Crippen molar-refractivity contribution in [2.24, 2.45) is 7.05 Å². The predicted molar refractivity (Wildman–Crippen MR) is 112 cm³/mol. The maximum atomic E-state index is 12.2. The molecule has 0 fully saturated rings. The molecule has 0 bridgehead atoms. The highest BCUT2D eigenvalue weighted by Crippen LogP contribution is 2.44. The van der Waals surface area contributed by atoms with Gasteiger partial charge in [0.25, 0.3) is 0 Å². The minimum absolute atomic E-state index is 0.000262. The fourth-order valence-corrected chi connectivity index (χ4v) is 3.91. The van der Waals surface area contributed by atoms with Gasteiger partial charge in [0.15, 0.2) is 0 Å². The summed E-state index contributed by atoms with van der Waals surface area (Å²) in [6.45, 7) is 0.417. The third kappa shape index (κ3) is 4.08. The van der Waals surface area contributed by atoms with Crippen molar-refractivity contribution in [1.82, 2.24) is 14.9 Å². The van der Waals surface area contributed by atoms with Crippen LogP contribution in [0.1, 0.15) is 35.3 Å². The first kappa shape index (κ1) is 20.1. The molecule has 0 aliphatic heterocycles. The van der Waals surface area contributed by atoms with Crippen LogP contribution in [0.4, 0.5) is 4.79 Å². The Bertz CT molecular complexity index is 987. The number of benzene rings is 2. The Morgan fingerprint density at radius 2 is 1.77 bits per heavy atom. The van der Waals surface area contributed by atoms with E-state index in [4.69, 9.17) is 4.74 Å². The lowest BCUT2D eigenvalue weighted by Gasteiger charge is -2.17. The van der Waals surface area contributed by atoms with Crippen LogP contribution in [0.3, 0.4) is 0 Å². The Labute approximate surface area is 175 Å². The minimum atomic E-state index is -1.10. The van der Waals surface area contributed by atoms with Crippen LogP contribution in [0, 0.1) is 0 Å². The summed E-state index contributed by atoms with van der Waals surface area (Å²) >= 11 is 0. The SMILES string of the molecule is Cn1cnc(C(O)C(O)CCNC(=O)OCC2c3ccccc3-c3ccccc32)c1. The van der Waals surface area contributed by atoms with Gasteiger partial charge >= 0.3 is 6.09 Å². The number of ether oxygens (including phenoxy) is 1. The van der Waals surface area contributed by atoms with Crippen molar-refractivity contribution < 1.29 is 19.7 Å². The molecular weight excluding hydrogens is 382 g/mol. The van der Waals surface area contributed by atoms with E-state index in [1.807, 2.05) is 24.3 Å². The number of rotatable bonds is 7. The molecule has 0 saturated carbocycles. The van der Waals surface area contributed by atoms with E-state index in [1.165, 1.54) is 11.1 Å². The van der Waals surface area contributed by atoms with E-state index < -0.39 is 18.3 Å². The Morgan fingerprint density at radius 3 is 2.37 bits per heavy atom. The molecule has 2 unspecified atom stereocenters. The van der Waals surface area contributed by atoms with Crippen LogP contribution in [-0.2, 0) is 11.8 Å². The first-order chi connectivity index (χ1) is 14.5. The van der Waals surface area contributed by atoms with Crippen molar-refractivity contribution in [3.05, 3.63) is 77.9 Å². The number of alkyl carbamates (subject to hydrolysis) is 1. The Morgan fingerprint density at radius 1 is 1.13 bits per heavy atom. The molecule has 4 rings (SSSR count). The third-order valence-electron chi connectivity index (χ3n) is 5.45. The number of amides is 1. The van der Waals surface area contributed by atoms with Crippen LogP contribution in [0.2, 0.25) is 0 Å². The molecule has 1 aromatic heterocycles. The number of carbonyl (C=O) groups is 1.